The maximum Gasteiger partial charge on any atom is 0.187 e. The molecule has 7 heteroatoms. The summed E-state index contributed by atoms with van der Waals surface area (Å²) in [6.45, 7) is 4.11. The molecule has 0 aromatic carbocycles. The Kier molecular flexibility index (Phi) is 14.5. The fourth-order valence-corrected chi connectivity index (χ4v) is 2.21. The van der Waals surface area contributed by atoms with E-state index >= 15 is 0 Å². The summed E-state index contributed by atoms with van der Waals surface area (Å²) in [4.78, 5) is 22.5. The molecule has 0 saturated heterocycles. The molecular formula is C22H30N2NiO4. The van der Waals surface area contributed by atoms with E-state index < -0.39 is 0 Å². The van der Waals surface area contributed by atoms with Gasteiger partial charge in [-0.3, -0.25) is 9.59 Å². The van der Waals surface area contributed by atoms with Gasteiger partial charge >= 0.3 is 0 Å². The molecule has 0 amide bonds. The number of aliphatic hydroxyl groups excluding tert-OH is 2. The van der Waals surface area contributed by atoms with Crippen LogP contribution in [0.4, 0.5) is 0 Å². The molecule has 0 spiro atoms. The second-order valence-corrected chi connectivity index (χ2v) is 6.27. The summed E-state index contributed by atoms with van der Waals surface area (Å²) in [6, 6.07) is 0.0456. The van der Waals surface area contributed by atoms with Crippen LogP contribution in [0.2, 0.25) is 0 Å². The van der Waals surface area contributed by atoms with Gasteiger partial charge in [0.1, 0.15) is 0 Å². The van der Waals surface area contributed by atoms with Crippen LogP contribution in [0.1, 0.15) is 26.7 Å². The van der Waals surface area contributed by atoms with E-state index in [4.69, 9.17) is 10.2 Å². The Hall–Kier alpha value is -2.21. The third-order valence-corrected chi connectivity index (χ3v) is 4.21. The first-order valence-corrected chi connectivity index (χ1v) is 9.47. The third-order valence-electron chi connectivity index (χ3n) is 4.21. The SMILES string of the molecule is CCC(CO)N/C=C1/C=CC=CC1=O.CCC(CO)N/C=C1/C=CC=CC1=O.[Ni]. The molecule has 2 rings (SSSR count). The second kappa shape index (κ2) is 15.7. The van der Waals surface area contributed by atoms with Crippen LogP contribution in [0.5, 0.6) is 0 Å². The summed E-state index contributed by atoms with van der Waals surface area (Å²) >= 11 is 0. The zero-order valence-corrected chi connectivity index (χ0v) is 17.8. The maximum absolute atomic E-state index is 11.3. The van der Waals surface area contributed by atoms with Crippen LogP contribution in [-0.4, -0.2) is 47.1 Å². The number of carbonyl (C=O) groups is 2. The first-order valence-electron chi connectivity index (χ1n) is 9.47. The summed E-state index contributed by atoms with van der Waals surface area (Å²) in [5, 5.41) is 23.8. The summed E-state index contributed by atoms with van der Waals surface area (Å²) in [7, 11) is 0. The monoisotopic (exact) mass is 444 g/mol. The van der Waals surface area contributed by atoms with Crippen molar-refractivity contribution in [3.63, 3.8) is 0 Å². The van der Waals surface area contributed by atoms with Gasteiger partial charge in [0.25, 0.3) is 0 Å². The Bertz CT molecular complexity index is 638. The molecule has 0 aromatic heterocycles. The Balaban J connectivity index is 0.000000523. The van der Waals surface area contributed by atoms with Gasteiger partial charge < -0.3 is 20.8 Å². The molecule has 2 aliphatic carbocycles. The van der Waals surface area contributed by atoms with Crippen LogP contribution in [0.25, 0.3) is 0 Å². The normalized spacial score (nSPS) is 19.4. The Labute approximate surface area is 182 Å². The van der Waals surface area contributed by atoms with Crippen LogP contribution in [-0.2, 0) is 26.1 Å². The zero-order chi connectivity index (χ0) is 20.8. The third kappa shape index (κ3) is 10.2. The van der Waals surface area contributed by atoms with E-state index in [0.717, 1.165) is 12.8 Å². The Morgan fingerprint density at radius 2 is 1.10 bits per heavy atom. The van der Waals surface area contributed by atoms with Crippen molar-refractivity contribution < 1.29 is 36.3 Å². The number of allylic oxidation sites excluding steroid dienone is 10. The van der Waals surface area contributed by atoms with Crippen molar-refractivity contribution in [1.82, 2.24) is 10.6 Å². The minimum atomic E-state index is -0.00667. The Morgan fingerprint density at radius 1 is 0.759 bits per heavy atom. The molecule has 4 N–H and O–H groups in total. The van der Waals surface area contributed by atoms with Gasteiger partial charge in [-0.25, -0.2) is 0 Å². The van der Waals surface area contributed by atoms with E-state index in [2.05, 4.69) is 10.6 Å². The molecule has 0 saturated carbocycles. The van der Waals surface area contributed by atoms with Crippen molar-refractivity contribution in [3.8, 4) is 0 Å². The van der Waals surface area contributed by atoms with Gasteiger partial charge in [0.05, 0.1) is 13.2 Å². The molecule has 162 valence electrons. The van der Waals surface area contributed by atoms with Gasteiger partial charge in [0.2, 0.25) is 0 Å². The fraction of sp³-hybridized carbons (Fsp3) is 0.364. The minimum absolute atomic E-state index is 0. The van der Waals surface area contributed by atoms with Crippen molar-refractivity contribution in [2.75, 3.05) is 13.2 Å². The van der Waals surface area contributed by atoms with Crippen LogP contribution in [0.15, 0.2) is 72.2 Å². The summed E-state index contributed by atoms with van der Waals surface area (Å²) < 4.78 is 0. The standard InChI is InChI=1S/2C11H15NO2.Ni/c2*1-2-10(8-13)12-7-9-5-3-4-6-11(9)14;/h2*3-7,10,12-13H,2,8H2,1H3;/b2*9-7-;. The number of nitrogens with one attached hydrogen (secondary N) is 2. The molecule has 2 atom stereocenters. The van der Waals surface area contributed by atoms with Crippen LogP contribution in [0, 0.1) is 0 Å². The maximum atomic E-state index is 11.3. The summed E-state index contributed by atoms with van der Waals surface area (Å²) in [5.41, 5.74) is 1.25. The van der Waals surface area contributed by atoms with Gasteiger partial charge in [0, 0.05) is 52.1 Å². The summed E-state index contributed by atoms with van der Waals surface area (Å²) in [6.07, 6.45) is 18.6. The van der Waals surface area contributed by atoms with Gasteiger partial charge in [0.15, 0.2) is 11.6 Å². The molecule has 0 heterocycles. The Morgan fingerprint density at radius 3 is 1.38 bits per heavy atom. The number of rotatable bonds is 8. The zero-order valence-electron chi connectivity index (χ0n) is 16.8. The molecule has 6 nitrogen and oxygen atoms in total. The molecule has 0 aromatic rings. The van der Waals surface area contributed by atoms with Crippen LogP contribution in [0.3, 0.4) is 0 Å². The topological polar surface area (TPSA) is 98.7 Å². The van der Waals surface area contributed by atoms with E-state index in [9.17, 15) is 9.59 Å². The molecular weight excluding hydrogens is 415 g/mol. The van der Waals surface area contributed by atoms with Crippen molar-refractivity contribution in [2.24, 2.45) is 0 Å². The van der Waals surface area contributed by atoms with Crippen molar-refractivity contribution >= 4 is 11.6 Å². The van der Waals surface area contributed by atoms with E-state index in [1.807, 2.05) is 26.0 Å². The van der Waals surface area contributed by atoms with Crippen molar-refractivity contribution in [2.45, 2.75) is 38.8 Å². The average molecular weight is 445 g/mol. The molecule has 0 fully saturated rings. The quantitative estimate of drug-likeness (QED) is 0.337. The summed E-state index contributed by atoms with van der Waals surface area (Å²) in [5.74, 6) is -0.0133. The van der Waals surface area contributed by atoms with Gasteiger partial charge in [-0.15, -0.1) is 0 Å². The predicted octanol–water partition coefficient (Wildman–Crippen LogP) is 1.85. The van der Waals surface area contributed by atoms with Gasteiger partial charge in [-0.2, -0.15) is 0 Å². The molecule has 0 bridgehead atoms. The molecule has 2 unspecified atom stereocenters. The predicted molar refractivity (Wildman–Crippen MR) is 111 cm³/mol. The molecule has 0 radical (unpaired) electrons. The number of aliphatic hydroxyl groups is 2. The molecule has 29 heavy (non-hydrogen) atoms. The van der Waals surface area contributed by atoms with E-state index in [1.165, 1.54) is 12.2 Å². The first-order chi connectivity index (χ1) is 13.5. The number of hydrogen-bond donors (Lipinski definition) is 4. The number of ketones is 2. The van der Waals surface area contributed by atoms with Crippen molar-refractivity contribution in [3.05, 3.63) is 72.2 Å². The second-order valence-electron chi connectivity index (χ2n) is 6.27. The van der Waals surface area contributed by atoms with Gasteiger partial charge in [-0.05, 0) is 37.1 Å². The van der Waals surface area contributed by atoms with E-state index in [-0.39, 0.29) is 53.4 Å². The number of hydrogen-bond acceptors (Lipinski definition) is 6. The van der Waals surface area contributed by atoms with Crippen LogP contribution >= 0.6 is 0 Å². The molecule has 2 aliphatic rings. The molecule has 0 aliphatic heterocycles. The van der Waals surface area contributed by atoms with E-state index in [0.29, 0.717) is 11.1 Å². The minimum Gasteiger partial charge on any atom is -0.394 e. The number of carbonyl (C=O) groups excluding carboxylic acids is 2. The fourth-order valence-electron chi connectivity index (χ4n) is 2.21. The van der Waals surface area contributed by atoms with E-state index in [1.54, 1.807) is 36.7 Å². The van der Waals surface area contributed by atoms with Crippen LogP contribution < -0.4 is 10.6 Å². The average Bonchev–Trinajstić information content (AvgIpc) is 2.72. The smallest absolute Gasteiger partial charge is 0.187 e. The first kappa shape index (κ1) is 26.8. The van der Waals surface area contributed by atoms with Gasteiger partial charge in [-0.1, -0.05) is 38.2 Å². The van der Waals surface area contributed by atoms with Crippen molar-refractivity contribution in [1.29, 1.82) is 0 Å². The largest absolute Gasteiger partial charge is 0.394 e.